The Kier molecular flexibility index (Phi) is 5.99. The number of hydrogen-bond acceptors (Lipinski definition) is 2. The molecule has 0 radical (unpaired) electrons. The summed E-state index contributed by atoms with van der Waals surface area (Å²) < 4.78 is 0. The summed E-state index contributed by atoms with van der Waals surface area (Å²) in [7, 11) is 2.45. The molecule has 1 aliphatic heterocycles. The molecule has 1 N–H and O–H groups in total. The number of nitrogens with one attached hydrogen (secondary N) is 1. The molecule has 0 amide bonds. The molecule has 2 saturated carbocycles. The highest BCUT2D eigenvalue weighted by atomic mass is 15.2. The van der Waals surface area contributed by atoms with E-state index in [2.05, 4.69) is 17.3 Å². The molecular weight excluding hydrogens is 256 g/mol. The van der Waals surface area contributed by atoms with Crippen LogP contribution in [0.1, 0.15) is 89.9 Å². The lowest BCUT2D eigenvalue weighted by Crippen LogP contribution is -2.53. The van der Waals surface area contributed by atoms with Gasteiger partial charge in [-0.2, -0.15) is 0 Å². The first-order valence-corrected chi connectivity index (χ1v) is 9.81. The molecule has 0 aromatic carbocycles. The summed E-state index contributed by atoms with van der Waals surface area (Å²) >= 11 is 0. The van der Waals surface area contributed by atoms with E-state index in [-0.39, 0.29) is 0 Å². The molecule has 4 bridgehead atoms. The van der Waals surface area contributed by atoms with Crippen molar-refractivity contribution in [3.8, 4) is 0 Å². The molecule has 0 aromatic rings. The molecule has 3 fully saturated rings. The van der Waals surface area contributed by atoms with E-state index in [0.717, 1.165) is 24.2 Å². The molecule has 0 aromatic heterocycles. The quantitative estimate of drug-likeness (QED) is 0.708. The Hall–Kier alpha value is -0.0800. The van der Waals surface area contributed by atoms with Crippen molar-refractivity contribution >= 4 is 0 Å². The normalized spacial score (nSPS) is 40.4. The van der Waals surface area contributed by atoms with Gasteiger partial charge in [-0.3, -0.25) is 0 Å². The second-order valence-corrected chi connectivity index (χ2v) is 7.99. The van der Waals surface area contributed by atoms with Crippen molar-refractivity contribution in [1.82, 2.24) is 10.2 Å². The van der Waals surface area contributed by atoms with Crippen LogP contribution in [0.25, 0.3) is 0 Å². The molecule has 2 heteroatoms. The van der Waals surface area contributed by atoms with E-state index in [0.29, 0.717) is 0 Å². The SMILES string of the molecule is CN1C2CCCCCCCC(C2)NC2CCCCCC1C2. The van der Waals surface area contributed by atoms with Crippen LogP contribution in [0.15, 0.2) is 0 Å². The van der Waals surface area contributed by atoms with Gasteiger partial charge in [-0.15, -0.1) is 0 Å². The van der Waals surface area contributed by atoms with Gasteiger partial charge in [-0.1, -0.05) is 51.4 Å². The largest absolute Gasteiger partial charge is 0.311 e. The minimum absolute atomic E-state index is 0.793. The van der Waals surface area contributed by atoms with Gasteiger partial charge in [-0.25, -0.2) is 0 Å². The van der Waals surface area contributed by atoms with Crippen LogP contribution in [0.5, 0.6) is 0 Å². The first-order chi connectivity index (χ1) is 10.3. The minimum Gasteiger partial charge on any atom is -0.311 e. The number of nitrogens with zero attached hydrogens (tertiary/aromatic N) is 1. The van der Waals surface area contributed by atoms with E-state index < -0.39 is 0 Å². The average Bonchev–Trinajstić information content (AvgIpc) is 2.45. The number of fused-ring (bicyclic) bond motifs is 4. The standard InChI is InChI=1S/C19H36N2/c1-21-18-12-8-4-2-3-6-10-16(14-18)20-17-11-7-5-9-13-19(21)15-17/h16-20H,2-15H2,1H3. The predicted molar refractivity (Wildman–Crippen MR) is 90.7 cm³/mol. The van der Waals surface area contributed by atoms with Gasteiger partial charge in [0.2, 0.25) is 0 Å². The molecule has 3 aliphatic rings. The monoisotopic (exact) mass is 292 g/mol. The van der Waals surface area contributed by atoms with Crippen LogP contribution in [0.2, 0.25) is 0 Å². The maximum absolute atomic E-state index is 4.10. The molecule has 21 heavy (non-hydrogen) atoms. The maximum atomic E-state index is 4.10. The highest BCUT2D eigenvalue weighted by Gasteiger charge is 2.32. The molecule has 0 spiro atoms. The topological polar surface area (TPSA) is 15.3 Å². The van der Waals surface area contributed by atoms with E-state index in [1.54, 1.807) is 0 Å². The van der Waals surface area contributed by atoms with Crippen molar-refractivity contribution in [3.63, 3.8) is 0 Å². The average molecular weight is 293 g/mol. The summed E-state index contributed by atoms with van der Waals surface area (Å²) in [6.07, 6.45) is 20.2. The van der Waals surface area contributed by atoms with Gasteiger partial charge in [0.25, 0.3) is 0 Å². The maximum Gasteiger partial charge on any atom is 0.0110 e. The summed E-state index contributed by atoms with van der Waals surface area (Å²) in [6.45, 7) is 0. The van der Waals surface area contributed by atoms with E-state index in [1.807, 2.05) is 0 Å². The third-order valence-electron chi connectivity index (χ3n) is 6.42. The summed E-state index contributed by atoms with van der Waals surface area (Å²) in [4.78, 5) is 2.81. The Bertz CT molecular complexity index is 304. The van der Waals surface area contributed by atoms with Crippen LogP contribution in [-0.4, -0.2) is 36.1 Å². The van der Waals surface area contributed by atoms with E-state index in [1.165, 1.54) is 89.9 Å². The van der Waals surface area contributed by atoms with Crippen LogP contribution in [0, 0.1) is 0 Å². The predicted octanol–water partition coefficient (Wildman–Crippen LogP) is 4.48. The van der Waals surface area contributed by atoms with Crippen LogP contribution >= 0.6 is 0 Å². The van der Waals surface area contributed by atoms with Gasteiger partial charge in [0.15, 0.2) is 0 Å². The van der Waals surface area contributed by atoms with Gasteiger partial charge in [0.1, 0.15) is 0 Å². The first kappa shape index (κ1) is 15.8. The minimum atomic E-state index is 0.793. The molecule has 4 atom stereocenters. The zero-order valence-electron chi connectivity index (χ0n) is 14.2. The number of hydrogen-bond donors (Lipinski definition) is 1. The molecule has 3 rings (SSSR count). The van der Waals surface area contributed by atoms with Crippen molar-refractivity contribution in [2.45, 2.75) is 114 Å². The zero-order valence-corrected chi connectivity index (χ0v) is 14.2. The molecule has 1 heterocycles. The fourth-order valence-electron chi connectivity index (χ4n) is 5.05. The van der Waals surface area contributed by atoms with Crippen molar-refractivity contribution in [3.05, 3.63) is 0 Å². The molecule has 2 aliphatic carbocycles. The Morgan fingerprint density at radius 3 is 1.62 bits per heavy atom. The fourth-order valence-corrected chi connectivity index (χ4v) is 5.05. The Labute approximate surface area is 132 Å². The van der Waals surface area contributed by atoms with Crippen LogP contribution in [-0.2, 0) is 0 Å². The van der Waals surface area contributed by atoms with Crippen LogP contribution < -0.4 is 5.32 Å². The van der Waals surface area contributed by atoms with Gasteiger partial charge >= 0.3 is 0 Å². The summed E-state index contributed by atoms with van der Waals surface area (Å²) in [5.74, 6) is 0. The zero-order chi connectivity index (χ0) is 14.5. The fraction of sp³-hybridized carbons (Fsp3) is 1.00. The smallest absolute Gasteiger partial charge is 0.0110 e. The van der Waals surface area contributed by atoms with Gasteiger partial charge in [0, 0.05) is 24.2 Å². The Morgan fingerprint density at radius 1 is 0.619 bits per heavy atom. The van der Waals surface area contributed by atoms with Crippen molar-refractivity contribution < 1.29 is 0 Å². The van der Waals surface area contributed by atoms with Crippen molar-refractivity contribution in [2.24, 2.45) is 0 Å². The van der Waals surface area contributed by atoms with E-state index in [9.17, 15) is 0 Å². The third-order valence-corrected chi connectivity index (χ3v) is 6.42. The Morgan fingerprint density at radius 2 is 1.05 bits per heavy atom. The van der Waals surface area contributed by atoms with E-state index in [4.69, 9.17) is 0 Å². The second-order valence-electron chi connectivity index (χ2n) is 7.99. The lowest BCUT2D eigenvalue weighted by molar-refractivity contribution is 0.0869. The number of rotatable bonds is 0. The molecular formula is C19H36N2. The highest BCUT2D eigenvalue weighted by molar-refractivity contribution is 4.90. The lowest BCUT2D eigenvalue weighted by atomic mass is 9.85. The molecule has 4 unspecified atom stereocenters. The van der Waals surface area contributed by atoms with Crippen molar-refractivity contribution in [2.75, 3.05) is 7.05 Å². The summed E-state index contributed by atoms with van der Waals surface area (Å²) in [6, 6.07) is 3.27. The van der Waals surface area contributed by atoms with E-state index >= 15 is 0 Å². The van der Waals surface area contributed by atoms with Gasteiger partial charge in [-0.05, 0) is 45.6 Å². The Balaban J connectivity index is 1.73. The van der Waals surface area contributed by atoms with Crippen molar-refractivity contribution in [1.29, 1.82) is 0 Å². The summed E-state index contributed by atoms with van der Waals surface area (Å²) in [5.41, 5.74) is 0. The highest BCUT2D eigenvalue weighted by Crippen LogP contribution is 2.30. The van der Waals surface area contributed by atoms with Crippen LogP contribution in [0.4, 0.5) is 0 Å². The molecule has 122 valence electrons. The molecule has 2 nitrogen and oxygen atoms in total. The van der Waals surface area contributed by atoms with Crippen LogP contribution in [0.3, 0.4) is 0 Å². The lowest BCUT2D eigenvalue weighted by Gasteiger charge is -2.44. The molecule has 1 saturated heterocycles. The van der Waals surface area contributed by atoms with Gasteiger partial charge in [0.05, 0.1) is 0 Å². The van der Waals surface area contributed by atoms with Gasteiger partial charge < -0.3 is 10.2 Å². The second kappa shape index (κ2) is 7.97. The third kappa shape index (κ3) is 4.45. The summed E-state index contributed by atoms with van der Waals surface area (Å²) in [5, 5.41) is 4.10. The first-order valence-electron chi connectivity index (χ1n) is 9.81.